The number of aromatic nitrogens is 1. The first kappa shape index (κ1) is 16.2. The molecule has 1 amide bonds. The van der Waals surface area contributed by atoms with E-state index in [1.165, 1.54) is 11.3 Å². The molecule has 0 fully saturated rings. The van der Waals surface area contributed by atoms with E-state index in [4.69, 9.17) is 0 Å². The van der Waals surface area contributed by atoms with E-state index < -0.39 is 0 Å². The maximum Gasteiger partial charge on any atom is 0.275 e. The highest BCUT2D eigenvalue weighted by molar-refractivity contribution is 7.07. The van der Waals surface area contributed by atoms with Crippen LogP contribution in [0.3, 0.4) is 0 Å². The molecular formula is C19H15N5OS. The van der Waals surface area contributed by atoms with Crippen molar-refractivity contribution in [3.05, 3.63) is 76.7 Å². The molecule has 128 valence electrons. The molecule has 2 aromatic carbocycles. The fourth-order valence-electron chi connectivity index (χ4n) is 2.49. The topological polar surface area (TPSA) is 78.7 Å². The number of rotatable bonds is 4. The maximum atomic E-state index is 12.0. The lowest BCUT2D eigenvalue weighted by molar-refractivity contribution is 0.102. The van der Waals surface area contributed by atoms with Crippen molar-refractivity contribution >= 4 is 40.3 Å². The Morgan fingerprint density at radius 2 is 1.81 bits per heavy atom. The van der Waals surface area contributed by atoms with Gasteiger partial charge < -0.3 is 10.6 Å². The van der Waals surface area contributed by atoms with Gasteiger partial charge >= 0.3 is 0 Å². The van der Waals surface area contributed by atoms with Gasteiger partial charge in [0.25, 0.3) is 5.91 Å². The summed E-state index contributed by atoms with van der Waals surface area (Å²) in [5, 5.41) is 7.74. The van der Waals surface area contributed by atoms with E-state index in [1.54, 1.807) is 10.9 Å². The molecule has 7 heteroatoms. The van der Waals surface area contributed by atoms with Gasteiger partial charge in [-0.2, -0.15) is 0 Å². The van der Waals surface area contributed by atoms with Crippen molar-refractivity contribution in [2.45, 2.75) is 0 Å². The zero-order chi connectivity index (χ0) is 17.8. The molecule has 0 spiro atoms. The Morgan fingerprint density at radius 1 is 1.00 bits per heavy atom. The minimum Gasteiger partial charge on any atom is -0.324 e. The lowest BCUT2D eigenvalue weighted by Gasteiger charge is -2.05. The Hall–Kier alpha value is -3.32. The Morgan fingerprint density at radius 3 is 2.54 bits per heavy atom. The smallest absolute Gasteiger partial charge is 0.275 e. The number of nitrogens with one attached hydrogen (secondary N) is 2. The van der Waals surface area contributed by atoms with Gasteiger partial charge in [0.1, 0.15) is 5.69 Å². The van der Waals surface area contributed by atoms with Crippen LogP contribution in [0.1, 0.15) is 16.1 Å². The molecule has 0 saturated carbocycles. The molecule has 0 bridgehead atoms. The average Bonchev–Trinajstić information content (AvgIpc) is 3.35. The molecule has 2 N–H and O–H groups in total. The molecule has 0 aliphatic carbocycles. The van der Waals surface area contributed by atoms with Crippen LogP contribution in [0.4, 0.5) is 11.4 Å². The first-order chi connectivity index (χ1) is 12.8. The fourth-order valence-corrected chi connectivity index (χ4v) is 3.02. The van der Waals surface area contributed by atoms with Gasteiger partial charge in [-0.1, -0.05) is 30.3 Å². The quantitative estimate of drug-likeness (QED) is 0.744. The van der Waals surface area contributed by atoms with Crippen molar-refractivity contribution in [2.24, 2.45) is 9.98 Å². The molecule has 1 aliphatic heterocycles. The molecule has 4 rings (SSSR count). The molecule has 1 aromatic heterocycles. The number of para-hydroxylation sites is 1. The van der Waals surface area contributed by atoms with Crippen LogP contribution in [0.15, 0.2) is 75.5 Å². The summed E-state index contributed by atoms with van der Waals surface area (Å²) in [6.07, 6.45) is 0. The highest BCUT2D eigenvalue weighted by Crippen LogP contribution is 2.15. The van der Waals surface area contributed by atoms with Crippen molar-refractivity contribution in [3.63, 3.8) is 0 Å². The summed E-state index contributed by atoms with van der Waals surface area (Å²) in [6, 6.07) is 17.4. The van der Waals surface area contributed by atoms with E-state index >= 15 is 0 Å². The molecule has 2 heterocycles. The number of carbonyl (C=O) groups excluding carboxylic acids is 1. The second-order valence-corrected chi connectivity index (χ2v) is 6.31. The van der Waals surface area contributed by atoms with Gasteiger partial charge in [0.05, 0.1) is 17.8 Å². The lowest BCUT2D eigenvalue weighted by Crippen LogP contribution is -2.12. The van der Waals surface area contributed by atoms with Crippen LogP contribution < -0.4 is 10.6 Å². The predicted molar refractivity (Wildman–Crippen MR) is 105 cm³/mol. The summed E-state index contributed by atoms with van der Waals surface area (Å²) < 4.78 is 0. The molecule has 0 radical (unpaired) electrons. The second-order valence-electron chi connectivity index (χ2n) is 5.59. The van der Waals surface area contributed by atoms with Crippen LogP contribution in [0.25, 0.3) is 0 Å². The Balaban J connectivity index is 1.41. The van der Waals surface area contributed by atoms with Crippen molar-refractivity contribution < 1.29 is 4.79 Å². The van der Waals surface area contributed by atoms with Crippen LogP contribution in [0, 0.1) is 0 Å². The van der Waals surface area contributed by atoms with Gasteiger partial charge in [-0.15, -0.1) is 11.3 Å². The van der Waals surface area contributed by atoms with Gasteiger partial charge in [-0.05, 0) is 29.8 Å². The summed E-state index contributed by atoms with van der Waals surface area (Å²) in [5.41, 5.74) is 5.60. The van der Waals surface area contributed by atoms with E-state index in [1.807, 2.05) is 54.6 Å². The van der Waals surface area contributed by atoms with Crippen LogP contribution in [0.2, 0.25) is 0 Å². The molecule has 26 heavy (non-hydrogen) atoms. The zero-order valence-electron chi connectivity index (χ0n) is 13.7. The fraction of sp³-hybridized carbons (Fsp3) is 0.0526. The van der Waals surface area contributed by atoms with Crippen LogP contribution >= 0.6 is 11.3 Å². The third-order valence-corrected chi connectivity index (χ3v) is 4.38. The van der Waals surface area contributed by atoms with Gasteiger partial charge in [-0.25, -0.2) is 15.0 Å². The van der Waals surface area contributed by atoms with E-state index in [2.05, 4.69) is 25.6 Å². The molecule has 0 unspecified atom stereocenters. The van der Waals surface area contributed by atoms with Gasteiger partial charge in [-0.3, -0.25) is 4.79 Å². The number of anilines is 2. The molecule has 3 aromatic rings. The van der Waals surface area contributed by atoms with Gasteiger partial charge in [0, 0.05) is 16.8 Å². The molecule has 1 aliphatic rings. The number of nitrogens with zero attached hydrogens (tertiary/aromatic N) is 3. The number of guanidine groups is 1. The number of hydrogen-bond acceptors (Lipinski definition) is 6. The molecule has 0 saturated heterocycles. The minimum atomic E-state index is -0.213. The highest BCUT2D eigenvalue weighted by Gasteiger charge is 2.13. The number of hydrogen-bond donors (Lipinski definition) is 2. The third-order valence-electron chi connectivity index (χ3n) is 3.79. The normalized spacial score (nSPS) is 13.1. The number of thiazole rings is 1. The Kier molecular flexibility index (Phi) is 4.53. The first-order valence-electron chi connectivity index (χ1n) is 8.02. The molecule has 0 atom stereocenters. The summed E-state index contributed by atoms with van der Waals surface area (Å²) in [6.45, 7) is 0.527. The van der Waals surface area contributed by atoms with Crippen LogP contribution in [-0.4, -0.2) is 29.1 Å². The summed E-state index contributed by atoms with van der Waals surface area (Å²) in [4.78, 5) is 25.0. The van der Waals surface area contributed by atoms with Crippen molar-refractivity contribution in [1.29, 1.82) is 0 Å². The maximum absolute atomic E-state index is 12.0. The number of aliphatic imine (C=N–C) groups is 2. The van der Waals surface area contributed by atoms with E-state index in [-0.39, 0.29) is 5.91 Å². The van der Waals surface area contributed by atoms with E-state index in [0.717, 1.165) is 17.0 Å². The van der Waals surface area contributed by atoms with Crippen molar-refractivity contribution in [2.75, 3.05) is 17.2 Å². The lowest BCUT2D eigenvalue weighted by atomic mass is 10.1. The van der Waals surface area contributed by atoms with Crippen molar-refractivity contribution in [1.82, 2.24) is 4.98 Å². The van der Waals surface area contributed by atoms with E-state index in [9.17, 15) is 4.79 Å². The van der Waals surface area contributed by atoms with E-state index in [0.29, 0.717) is 23.9 Å². The number of carbonyl (C=O) groups is 1. The number of benzene rings is 2. The van der Waals surface area contributed by atoms with Crippen molar-refractivity contribution in [3.8, 4) is 0 Å². The molecular weight excluding hydrogens is 346 g/mol. The first-order valence-corrected chi connectivity index (χ1v) is 8.96. The van der Waals surface area contributed by atoms with Crippen LogP contribution in [0.5, 0.6) is 0 Å². The number of amides is 1. The van der Waals surface area contributed by atoms with Crippen LogP contribution in [-0.2, 0) is 0 Å². The zero-order valence-corrected chi connectivity index (χ0v) is 14.5. The average molecular weight is 361 g/mol. The second kappa shape index (κ2) is 7.28. The largest absolute Gasteiger partial charge is 0.324 e. The Labute approximate surface area is 154 Å². The summed E-state index contributed by atoms with van der Waals surface area (Å²) >= 11 is 1.39. The molecule has 6 nitrogen and oxygen atoms in total. The SMILES string of the molecule is O=C(Nc1ccc(C2=NC(Nc3ccccc3)=NC2)cc1)c1cscn1. The third kappa shape index (κ3) is 3.68. The monoisotopic (exact) mass is 361 g/mol. The Bertz CT molecular complexity index is 963. The summed E-state index contributed by atoms with van der Waals surface area (Å²) in [5.74, 6) is 0.391. The predicted octanol–water partition coefficient (Wildman–Crippen LogP) is 3.67. The minimum absolute atomic E-state index is 0.213. The van der Waals surface area contributed by atoms with Gasteiger partial charge in [0.2, 0.25) is 5.96 Å². The highest BCUT2D eigenvalue weighted by atomic mass is 32.1. The standard InChI is InChI=1S/C19H15N5OS/c25-18(17-11-26-12-21-17)22-15-8-6-13(7-9-15)16-10-20-19(24-16)23-14-4-2-1-3-5-14/h1-9,11-12H,10H2,(H,20,23)(H,22,25). The summed E-state index contributed by atoms with van der Waals surface area (Å²) in [7, 11) is 0. The van der Waals surface area contributed by atoms with Gasteiger partial charge in [0.15, 0.2) is 0 Å².